The highest BCUT2D eigenvalue weighted by Gasteiger charge is 2.30. The number of aromatic nitrogens is 1. The van der Waals surface area contributed by atoms with Crippen molar-refractivity contribution in [2.75, 3.05) is 6.61 Å². The first-order valence-corrected chi connectivity index (χ1v) is 7.03. The van der Waals surface area contributed by atoms with Gasteiger partial charge >= 0.3 is 12.1 Å². The lowest BCUT2D eigenvalue weighted by Gasteiger charge is -2.10. The normalized spacial score (nSPS) is 12.2. The molecule has 0 atom stereocenters. The molecule has 10 heteroatoms. The van der Waals surface area contributed by atoms with E-state index in [1.165, 1.54) is 0 Å². The number of rotatable bonds is 7. The monoisotopic (exact) mass is 377 g/mol. The highest BCUT2D eigenvalue weighted by Crippen LogP contribution is 2.31. The number of nitrogens with zero attached hydrogens (tertiary/aromatic N) is 1. The molecule has 0 amide bonds. The van der Waals surface area contributed by atoms with E-state index < -0.39 is 42.6 Å². The van der Waals surface area contributed by atoms with E-state index in [9.17, 15) is 26.7 Å². The van der Waals surface area contributed by atoms with Gasteiger partial charge in [0.25, 0.3) is 5.92 Å². The summed E-state index contributed by atoms with van der Waals surface area (Å²) in [6.07, 6.45) is -4.15. The van der Waals surface area contributed by atoms with Crippen LogP contribution < -0.4 is 0 Å². The lowest BCUT2D eigenvalue weighted by atomic mass is 10.1. The average Bonchev–Trinajstić information content (AvgIpc) is 2.98. The van der Waals surface area contributed by atoms with Crippen molar-refractivity contribution in [1.82, 2.24) is 4.98 Å². The van der Waals surface area contributed by atoms with Crippen molar-refractivity contribution in [2.24, 2.45) is 0 Å². The molecular formula is C16H12F5NO4. The van der Waals surface area contributed by atoms with E-state index in [0.717, 1.165) is 24.3 Å². The minimum atomic E-state index is -4.53. The van der Waals surface area contributed by atoms with Gasteiger partial charge in [0.15, 0.2) is 0 Å². The van der Waals surface area contributed by atoms with E-state index in [2.05, 4.69) is 11.6 Å². The molecule has 2 aromatic rings. The van der Waals surface area contributed by atoms with Gasteiger partial charge in [-0.25, -0.2) is 9.78 Å². The number of halogens is 5. The Morgan fingerprint density at radius 2 is 1.85 bits per heavy atom. The first kappa shape index (κ1) is 19.6. The lowest BCUT2D eigenvalue weighted by Crippen LogP contribution is -2.20. The zero-order valence-electron chi connectivity index (χ0n) is 13.0. The van der Waals surface area contributed by atoms with Crippen molar-refractivity contribution in [3.8, 4) is 11.5 Å². The molecular weight excluding hydrogens is 365 g/mol. The van der Waals surface area contributed by atoms with E-state index in [1.807, 2.05) is 0 Å². The van der Waals surface area contributed by atoms with Gasteiger partial charge in [0.2, 0.25) is 11.7 Å². The van der Waals surface area contributed by atoms with E-state index in [-0.39, 0.29) is 17.1 Å². The van der Waals surface area contributed by atoms with Crippen LogP contribution in [0.5, 0.6) is 0 Å². The fourth-order valence-electron chi connectivity index (χ4n) is 1.88. The maximum Gasteiger partial charge on any atom is 0.416 e. The first-order valence-electron chi connectivity index (χ1n) is 7.03. The van der Waals surface area contributed by atoms with Crippen molar-refractivity contribution < 1.29 is 41.0 Å². The molecule has 0 bridgehead atoms. The second-order valence-corrected chi connectivity index (χ2v) is 5.13. The number of benzene rings is 1. The number of alkyl halides is 5. The Morgan fingerprint density at radius 1 is 1.23 bits per heavy atom. The van der Waals surface area contributed by atoms with Crippen LogP contribution in [0.1, 0.15) is 21.8 Å². The van der Waals surface area contributed by atoms with Crippen molar-refractivity contribution in [2.45, 2.75) is 18.7 Å². The van der Waals surface area contributed by atoms with Crippen LogP contribution in [0.15, 0.2) is 41.3 Å². The molecule has 1 N–H and O–H groups in total. The quantitative estimate of drug-likeness (QED) is 0.572. The second-order valence-electron chi connectivity index (χ2n) is 5.13. The number of aromatic carboxylic acids is 1. The molecule has 1 aromatic carbocycles. The molecule has 0 fully saturated rings. The van der Waals surface area contributed by atoms with Crippen LogP contribution in [0.2, 0.25) is 0 Å². The molecule has 0 unspecified atom stereocenters. The molecule has 0 saturated carbocycles. The number of carbonyl (C=O) groups is 1. The standard InChI is InChI=1S/C16H12F5NO4/c1-2-15(17,18)8-25-7-11-12(14(23)24)26-13(22-11)9-3-5-10(6-4-9)16(19,20)21/h2-6H,1,7-8H2,(H,23,24). The van der Waals surface area contributed by atoms with E-state index in [4.69, 9.17) is 14.3 Å². The van der Waals surface area contributed by atoms with Gasteiger partial charge in [0.1, 0.15) is 12.3 Å². The van der Waals surface area contributed by atoms with Crippen LogP contribution >= 0.6 is 0 Å². The Bertz CT molecular complexity index is 796. The largest absolute Gasteiger partial charge is 0.475 e. The molecule has 5 nitrogen and oxygen atoms in total. The fraction of sp³-hybridized carbons (Fsp3) is 0.250. The van der Waals surface area contributed by atoms with E-state index in [0.29, 0.717) is 6.08 Å². The number of ether oxygens (including phenoxy) is 1. The summed E-state index contributed by atoms with van der Waals surface area (Å²) >= 11 is 0. The third kappa shape index (κ3) is 4.66. The van der Waals surface area contributed by atoms with Crippen LogP contribution in [0.4, 0.5) is 22.0 Å². The SMILES string of the molecule is C=CC(F)(F)COCc1nc(-c2ccc(C(F)(F)F)cc2)oc1C(=O)O. The zero-order chi connectivity index (χ0) is 19.5. The van der Waals surface area contributed by atoms with Crippen molar-refractivity contribution >= 4 is 5.97 Å². The minimum absolute atomic E-state index is 0.0863. The summed E-state index contributed by atoms with van der Waals surface area (Å²) in [5.41, 5.74) is -1.09. The summed E-state index contributed by atoms with van der Waals surface area (Å²) in [7, 11) is 0. The van der Waals surface area contributed by atoms with Crippen LogP contribution in [0, 0.1) is 0 Å². The number of hydrogen-bond donors (Lipinski definition) is 1. The average molecular weight is 377 g/mol. The number of carboxylic acids is 1. The molecule has 0 spiro atoms. The highest BCUT2D eigenvalue weighted by atomic mass is 19.4. The maximum absolute atomic E-state index is 13.0. The van der Waals surface area contributed by atoms with Gasteiger partial charge in [-0.1, -0.05) is 6.58 Å². The predicted molar refractivity (Wildman–Crippen MR) is 78.7 cm³/mol. The third-order valence-electron chi connectivity index (χ3n) is 3.18. The fourth-order valence-corrected chi connectivity index (χ4v) is 1.88. The van der Waals surface area contributed by atoms with Crippen molar-refractivity contribution in [3.63, 3.8) is 0 Å². The van der Waals surface area contributed by atoms with Crippen molar-refractivity contribution in [1.29, 1.82) is 0 Å². The molecule has 26 heavy (non-hydrogen) atoms. The third-order valence-corrected chi connectivity index (χ3v) is 3.18. The summed E-state index contributed by atoms with van der Waals surface area (Å²) in [5, 5.41) is 9.08. The van der Waals surface area contributed by atoms with E-state index in [1.54, 1.807) is 0 Å². The summed E-state index contributed by atoms with van der Waals surface area (Å²) in [6, 6.07) is 3.66. The van der Waals surface area contributed by atoms with Gasteiger partial charge in [0.05, 0.1) is 12.2 Å². The topological polar surface area (TPSA) is 72.6 Å². The Kier molecular flexibility index (Phi) is 5.45. The maximum atomic E-state index is 13.0. The van der Waals surface area contributed by atoms with Gasteiger partial charge in [0, 0.05) is 5.56 Å². The molecule has 0 radical (unpaired) electrons. The number of hydrogen-bond acceptors (Lipinski definition) is 4. The van der Waals surface area contributed by atoms with Crippen molar-refractivity contribution in [3.05, 3.63) is 53.9 Å². The molecule has 1 aromatic heterocycles. The molecule has 2 rings (SSSR count). The van der Waals surface area contributed by atoms with E-state index >= 15 is 0 Å². The Balaban J connectivity index is 2.23. The van der Waals surface area contributed by atoms with Gasteiger partial charge in [-0.05, 0) is 30.3 Å². The summed E-state index contributed by atoms with van der Waals surface area (Å²) in [6.45, 7) is 1.30. The first-order chi connectivity index (χ1) is 12.0. The van der Waals surface area contributed by atoms with Gasteiger partial charge in [-0.3, -0.25) is 0 Å². The Hall–Kier alpha value is -2.75. The van der Waals surface area contributed by atoms with Crippen LogP contribution in [0.3, 0.4) is 0 Å². The Labute approximate surface area is 143 Å². The molecule has 140 valence electrons. The predicted octanol–water partition coefficient (Wildman–Crippen LogP) is 4.40. The molecule has 1 heterocycles. The molecule has 0 aliphatic carbocycles. The summed E-state index contributed by atoms with van der Waals surface area (Å²) in [5.74, 6) is -5.75. The molecule has 0 aliphatic rings. The van der Waals surface area contributed by atoms with Gasteiger partial charge < -0.3 is 14.3 Å². The smallest absolute Gasteiger partial charge is 0.416 e. The van der Waals surface area contributed by atoms with Crippen LogP contribution in [-0.4, -0.2) is 28.6 Å². The number of oxazole rings is 1. The Morgan fingerprint density at radius 3 is 2.35 bits per heavy atom. The van der Waals surface area contributed by atoms with Crippen LogP contribution in [0.25, 0.3) is 11.5 Å². The lowest BCUT2D eigenvalue weighted by molar-refractivity contribution is -0.137. The minimum Gasteiger partial charge on any atom is -0.475 e. The summed E-state index contributed by atoms with van der Waals surface area (Å²) < 4.78 is 73.5. The molecule has 0 saturated heterocycles. The highest BCUT2D eigenvalue weighted by molar-refractivity contribution is 5.86. The van der Waals surface area contributed by atoms with Gasteiger partial charge in [-0.2, -0.15) is 22.0 Å². The van der Waals surface area contributed by atoms with Gasteiger partial charge in [-0.15, -0.1) is 0 Å². The number of carboxylic acid groups (broad SMARTS) is 1. The zero-order valence-corrected chi connectivity index (χ0v) is 13.0. The second kappa shape index (κ2) is 7.24. The van der Waals surface area contributed by atoms with Crippen LogP contribution in [-0.2, 0) is 17.5 Å². The molecule has 0 aliphatic heterocycles. The summed E-state index contributed by atoms with van der Waals surface area (Å²) in [4.78, 5) is 15.0.